The molecule has 0 aliphatic heterocycles. The van der Waals surface area contributed by atoms with E-state index in [0.29, 0.717) is 18.0 Å². The second kappa shape index (κ2) is 9.16. The quantitative estimate of drug-likeness (QED) is 0.705. The van der Waals surface area contributed by atoms with Gasteiger partial charge in [-0.05, 0) is 56.4 Å². The molecule has 1 atom stereocenters. The number of sulfonamides is 1. The fourth-order valence-corrected chi connectivity index (χ4v) is 3.91. The predicted octanol–water partition coefficient (Wildman–Crippen LogP) is 2.94. The van der Waals surface area contributed by atoms with Crippen molar-refractivity contribution in [2.45, 2.75) is 24.8 Å². The Kier molecular flexibility index (Phi) is 7.15. The molecule has 2 aromatic carbocycles. The number of carbonyl (C=O) groups is 1. The van der Waals surface area contributed by atoms with Gasteiger partial charge in [0.05, 0.1) is 10.6 Å². The van der Waals surface area contributed by atoms with E-state index in [0.717, 1.165) is 0 Å². The van der Waals surface area contributed by atoms with E-state index in [2.05, 4.69) is 28.8 Å². The van der Waals surface area contributed by atoms with Gasteiger partial charge in [0, 0.05) is 18.2 Å². The first-order valence-electron chi connectivity index (χ1n) is 8.94. The molecule has 0 aromatic heterocycles. The number of rotatable bonds is 8. The largest absolute Gasteiger partial charge is 0.350 e. The molecule has 2 aromatic rings. The number of nitrogens with one attached hydrogen (secondary N) is 2. The number of hydrogen-bond donors (Lipinski definition) is 2. The standard InChI is InChI=1S/C20H26FN3O3S/c1-14(2)19(24(3)4)13-22-20(25)15-9-11-16(12-10-15)28(26,27)23-18-8-6-5-7-17(18)21/h5-12,14,19,23H,13H2,1-4H3,(H,22,25). The normalized spacial score (nSPS) is 12.8. The number of likely N-dealkylation sites (N-methyl/N-ethyl adjacent to an activating group) is 1. The van der Waals surface area contributed by atoms with Crippen LogP contribution in [0.1, 0.15) is 24.2 Å². The third-order valence-corrected chi connectivity index (χ3v) is 5.83. The summed E-state index contributed by atoms with van der Waals surface area (Å²) >= 11 is 0. The Morgan fingerprint density at radius 3 is 2.21 bits per heavy atom. The fourth-order valence-electron chi connectivity index (χ4n) is 2.85. The van der Waals surface area contributed by atoms with Crippen LogP contribution >= 0.6 is 0 Å². The van der Waals surface area contributed by atoms with Gasteiger partial charge < -0.3 is 10.2 Å². The van der Waals surface area contributed by atoms with Crippen LogP contribution in [0.2, 0.25) is 0 Å². The van der Waals surface area contributed by atoms with Gasteiger partial charge in [-0.1, -0.05) is 26.0 Å². The van der Waals surface area contributed by atoms with Crippen LogP contribution in [0.15, 0.2) is 53.4 Å². The Balaban J connectivity index is 2.08. The van der Waals surface area contributed by atoms with E-state index in [4.69, 9.17) is 0 Å². The van der Waals surface area contributed by atoms with Gasteiger partial charge in [-0.25, -0.2) is 12.8 Å². The van der Waals surface area contributed by atoms with E-state index in [1.807, 2.05) is 14.1 Å². The average Bonchev–Trinajstić information content (AvgIpc) is 2.63. The molecular weight excluding hydrogens is 381 g/mol. The van der Waals surface area contributed by atoms with Gasteiger partial charge in [0.15, 0.2) is 0 Å². The fraction of sp³-hybridized carbons (Fsp3) is 0.350. The van der Waals surface area contributed by atoms with E-state index in [9.17, 15) is 17.6 Å². The van der Waals surface area contributed by atoms with E-state index in [-0.39, 0.29) is 22.5 Å². The van der Waals surface area contributed by atoms with Crippen molar-refractivity contribution < 1.29 is 17.6 Å². The molecule has 0 aliphatic rings. The molecular formula is C20H26FN3O3S. The van der Waals surface area contributed by atoms with Crippen LogP contribution < -0.4 is 10.0 Å². The molecule has 0 bridgehead atoms. The average molecular weight is 408 g/mol. The minimum atomic E-state index is -3.95. The first-order valence-corrected chi connectivity index (χ1v) is 10.4. The van der Waals surface area contributed by atoms with Crippen molar-refractivity contribution in [2.75, 3.05) is 25.4 Å². The highest BCUT2D eigenvalue weighted by atomic mass is 32.2. The van der Waals surface area contributed by atoms with Gasteiger partial charge in [-0.15, -0.1) is 0 Å². The van der Waals surface area contributed by atoms with Crippen molar-refractivity contribution in [3.8, 4) is 0 Å². The minimum Gasteiger partial charge on any atom is -0.350 e. The first-order chi connectivity index (χ1) is 13.1. The molecule has 8 heteroatoms. The molecule has 0 saturated heterocycles. The molecule has 2 N–H and O–H groups in total. The van der Waals surface area contributed by atoms with Crippen LogP contribution in [-0.4, -0.2) is 45.9 Å². The van der Waals surface area contributed by atoms with Crippen molar-refractivity contribution >= 4 is 21.6 Å². The molecule has 2 rings (SSSR count). The molecule has 1 unspecified atom stereocenters. The summed E-state index contributed by atoms with van der Waals surface area (Å²) in [6, 6.07) is 11.2. The number of benzene rings is 2. The molecule has 6 nitrogen and oxygen atoms in total. The highest BCUT2D eigenvalue weighted by Gasteiger charge is 2.19. The molecule has 0 aliphatic carbocycles. The van der Waals surface area contributed by atoms with Crippen LogP contribution in [0.25, 0.3) is 0 Å². The van der Waals surface area contributed by atoms with Crippen molar-refractivity contribution in [3.05, 3.63) is 59.9 Å². The van der Waals surface area contributed by atoms with Crippen LogP contribution in [-0.2, 0) is 10.0 Å². The van der Waals surface area contributed by atoms with Gasteiger partial charge in [0.1, 0.15) is 5.82 Å². The molecule has 1 amide bonds. The molecule has 152 valence electrons. The summed E-state index contributed by atoms with van der Waals surface area (Å²) in [5, 5.41) is 2.87. The molecule has 0 saturated carbocycles. The molecule has 0 fully saturated rings. The number of nitrogens with zero attached hydrogens (tertiary/aromatic N) is 1. The highest BCUT2D eigenvalue weighted by molar-refractivity contribution is 7.92. The molecule has 0 radical (unpaired) electrons. The van der Waals surface area contributed by atoms with E-state index in [1.54, 1.807) is 0 Å². The number of halogens is 1. The zero-order chi connectivity index (χ0) is 20.9. The Bertz CT molecular complexity index is 905. The topological polar surface area (TPSA) is 78.5 Å². The summed E-state index contributed by atoms with van der Waals surface area (Å²) in [7, 11) is -0.0401. The van der Waals surface area contributed by atoms with E-state index >= 15 is 0 Å². The van der Waals surface area contributed by atoms with Gasteiger partial charge in [-0.2, -0.15) is 0 Å². The van der Waals surface area contributed by atoms with Crippen LogP contribution in [0, 0.1) is 11.7 Å². The third-order valence-electron chi connectivity index (χ3n) is 4.45. The minimum absolute atomic E-state index is 0.0550. The summed E-state index contributed by atoms with van der Waals surface area (Å²) in [6.45, 7) is 4.65. The van der Waals surface area contributed by atoms with Crippen molar-refractivity contribution in [3.63, 3.8) is 0 Å². The maximum absolute atomic E-state index is 13.7. The number of hydrogen-bond acceptors (Lipinski definition) is 4. The summed E-state index contributed by atoms with van der Waals surface area (Å²) in [5.41, 5.74) is 0.221. The van der Waals surface area contributed by atoms with Gasteiger partial charge in [0.25, 0.3) is 15.9 Å². The number of carbonyl (C=O) groups excluding carboxylic acids is 1. The lowest BCUT2D eigenvalue weighted by atomic mass is 10.0. The number of para-hydroxylation sites is 1. The van der Waals surface area contributed by atoms with Crippen molar-refractivity contribution in [2.24, 2.45) is 5.92 Å². The zero-order valence-corrected chi connectivity index (χ0v) is 17.3. The third kappa shape index (κ3) is 5.53. The van der Waals surface area contributed by atoms with Crippen LogP contribution in [0.3, 0.4) is 0 Å². The summed E-state index contributed by atoms with van der Waals surface area (Å²) in [6.07, 6.45) is 0. The van der Waals surface area contributed by atoms with Crippen molar-refractivity contribution in [1.29, 1.82) is 0 Å². The monoisotopic (exact) mass is 407 g/mol. The Morgan fingerprint density at radius 2 is 1.68 bits per heavy atom. The smallest absolute Gasteiger partial charge is 0.261 e. The lowest BCUT2D eigenvalue weighted by Crippen LogP contribution is -2.43. The number of anilines is 1. The second-order valence-corrected chi connectivity index (χ2v) is 8.78. The predicted molar refractivity (Wildman–Crippen MR) is 108 cm³/mol. The van der Waals surface area contributed by atoms with Gasteiger partial charge in [0.2, 0.25) is 0 Å². The lowest BCUT2D eigenvalue weighted by molar-refractivity contribution is 0.0934. The maximum atomic E-state index is 13.7. The first kappa shape index (κ1) is 21.8. The Morgan fingerprint density at radius 1 is 1.07 bits per heavy atom. The summed E-state index contributed by atoms with van der Waals surface area (Å²) < 4.78 is 40.7. The Labute approximate surface area is 165 Å². The molecule has 0 heterocycles. The Hall–Kier alpha value is -2.45. The number of amides is 1. The van der Waals surface area contributed by atoms with Crippen molar-refractivity contribution in [1.82, 2.24) is 10.2 Å². The summed E-state index contributed by atoms with van der Waals surface area (Å²) in [5.74, 6) is -0.576. The SMILES string of the molecule is CC(C)C(CNC(=O)c1ccc(S(=O)(=O)Nc2ccccc2F)cc1)N(C)C. The van der Waals surface area contributed by atoms with E-state index < -0.39 is 15.8 Å². The molecule has 28 heavy (non-hydrogen) atoms. The van der Waals surface area contributed by atoms with Crippen LogP contribution in [0.5, 0.6) is 0 Å². The maximum Gasteiger partial charge on any atom is 0.261 e. The highest BCUT2D eigenvalue weighted by Crippen LogP contribution is 2.19. The summed E-state index contributed by atoms with van der Waals surface area (Å²) in [4.78, 5) is 14.3. The van der Waals surface area contributed by atoms with E-state index in [1.165, 1.54) is 48.5 Å². The van der Waals surface area contributed by atoms with Gasteiger partial charge >= 0.3 is 0 Å². The zero-order valence-electron chi connectivity index (χ0n) is 16.4. The lowest BCUT2D eigenvalue weighted by Gasteiger charge is -2.28. The second-order valence-electron chi connectivity index (χ2n) is 7.09. The van der Waals surface area contributed by atoms with Gasteiger partial charge in [-0.3, -0.25) is 9.52 Å². The van der Waals surface area contributed by atoms with Crippen LogP contribution in [0.4, 0.5) is 10.1 Å². The molecule has 0 spiro atoms.